The molecule has 0 bridgehead atoms. The van der Waals surface area contributed by atoms with Crippen LogP contribution in [-0.2, 0) is 16.0 Å². The largest absolute Gasteiger partial charge is 0.492 e. The molecular weight excluding hydrogens is 528 g/mol. The van der Waals surface area contributed by atoms with Crippen molar-refractivity contribution in [2.45, 2.75) is 32.7 Å². The number of hydrogen-bond donors (Lipinski definition) is 2. The fraction of sp³-hybridized carbons (Fsp3) is 0.229. The van der Waals surface area contributed by atoms with Crippen LogP contribution in [-0.4, -0.2) is 42.0 Å². The predicted molar refractivity (Wildman–Crippen MR) is 165 cm³/mol. The number of para-hydroxylation sites is 2. The average Bonchev–Trinajstić information content (AvgIpc) is 3.00. The summed E-state index contributed by atoms with van der Waals surface area (Å²) in [7, 11) is 0. The van der Waals surface area contributed by atoms with E-state index in [2.05, 4.69) is 5.32 Å². The van der Waals surface area contributed by atoms with Crippen LogP contribution >= 0.6 is 0 Å². The fourth-order valence-electron chi connectivity index (χ4n) is 4.62. The maximum Gasteiger partial charge on any atom is 0.326 e. The highest BCUT2D eigenvalue weighted by atomic mass is 16.5. The number of anilines is 2. The quantitative estimate of drug-likeness (QED) is 0.170. The van der Waals surface area contributed by atoms with Gasteiger partial charge in [0.1, 0.15) is 18.4 Å². The third-order valence-corrected chi connectivity index (χ3v) is 6.73. The van der Waals surface area contributed by atoms with Gasteiger partial charge >= 0.3 is 5.97 Å². The molecule has 7 nitrogen and oxygen atoms in total. The number of hydrogen-bond acceptors (Lipinski definition) is 5. The Hall–Kier alpha value is -4.91. The van der Waals surface area contributed by atoms with Gasteiger partial charge in [-0.25, -0.2) is 4.79 Å². The summed E-state index contributed by atoms with van der Waals surface area (Å²) in [5, 5.41) is 13.0. The van der Waals surface area contributed by atoms with Crippen molar-refractivity contribution in [1.29, 1.82) is 0 Å². The fourth-order valence-corrected chi connectivity index (χ4v) is 4.62. The van der Waals surface area contributed by atoms with E-state index in [4.69, 9.17) is 4.74 Å². The summed E-state index contributed by atoms with van der Waals surface area (Å²) in [5.74, 6) is -0.277. The second-order valence-corrected chi connectivity index (χ2v) is 10.5. The smallest absolute Gasteiger partial charge is 0.326 e. The normalized spacial score (nSPS) is 11.5. The molecular formula is C35H36N2O5. The predicted octanol–water partition coefficient (Wildman–Crippen LogP) is 6.48. The van der Waals surface area contributed by atoms with Crippen molar-refractivity contribution < 1.29 is 24.2 Å². The van der Waals surface area contributed by atoms with Gasteiger partial charge in [-0.1, -0.05) is 86.6 Å². The first-order valence-electron chi connectivity index (χ1n) is 14.1. The number of ether oxygens (including phenoxy) is 1. The lowest BCUT2D eigenvalue weighted by molar-refractivity contribution is -0.137. The number of rotatable bonds is 14. The van der Waals surface area contributed by atoms with Crippen LogP contribution < -0.4 is 15.0 Å². The number of carboxylic acids is 1. The zero-order chi connectivity index (χ0) is 29.9. The van der Waals surface area contributed by atoms with E-state index in [1.807, 2.05) is 62.4 Å². The van der Waals surface area contributed by atoms with E-state index in [-0.39, 0.29) is 24.0 Å². The summed E-state index contributed by atoms with van der Waals surface area (Å²) in [6, 6.07) is 31.7. The Balaban J connectivity index is 1.38. The summed E-state index contributed by atoms with van der Waals surface area (Å²) in [6.07, 6.45) is 0.655. The minimum Gasteiger partial charge on any atom is -0.492 e. The summed E-state index contributed by atoms with van der Waals surface area (Å²) < 4.78 is 5.94. The van der Waals surface area contributed by atoms with Gasteiger partial charge < -0.3 is 20.1 Å². The molecule has 0 saturated heterocycles. The molecule has 0 aromatic heterocycles. The van der Waals surface area contributed by atoms with Gasteiger partial charge in [-0.3, -0.25) is 9.59 Å². The Labute approximate surface area is 246 Å². The van der Waals surface area contributed by atoms with E-state index in [1.54, 1.807) is 65.6 Å². The lowest BCUT2D eigenvalue weighted by Gasteiger charge is -2.24. The second-order valence-electron chi connectivity index (χ2n) is 10.5. The standard InChI is InChI=1S/C35H36N2O5/c1-25(2)23-33(38)37(28-13-7-4-8-14-28)21-22-42-29-19-17-26(18-20-29)24-32(35(40)41)36-31-16-10-9-15-30(31)34(39)27-11-5-3-6-12-27/h3-20,25,32,36H,21-24H2,1-2H3,(H,40,41)/t32-/m0/s1. The average molecular weight is 565 g/mol. The lowest BCUT2D eigenvalue weighted by Crippen LogP contribution is -2.35. The van der Waals surface area contributed by atoms with Crippen molar-refractivity contribution in [1.82, 2.24) is 0 Å². The van der Waals surface area contributed by atoms with E-state index in [1.165, 1.54) is 0 Å². The van der Waals surface area contributed by atoms with Crippen LogP contribution in [0.2, 0.25) is 0 Å². The van der Waals surface area contributed by atoms with Gasteiger partial charge in [0.25, 0.3) is 0 Å². The summed E-state index contributed by atoms with van der Waals surface area (Å²) in [5.41, 5.74) is 3.04. The number of aliphatic carboxylic acids is 1. The van der Waals surface area contributed by atoms with Crippen LogP contribution in [0.3, 0.4) is 0 Å². The van der Waals surface area contributed by atoms with Crippen LogP contribution in [0.15, 0.2) is 109 Å². The Bertz CT molecular complexity index is 1470. The van der Waals surface area contributed by atoms with E-state index < -0.39 is 12.0 Å². The molecule has 42 heavy (non-hydrogen) atoms. The molecule has 0 aliphatic rings. The van der Waals surface area contributed by atoms with E-state index in [0.717, 1.165) is 11.3 Å². The van der Waals surface area contributed by atoms with Gasteiger partial charge in [-0.05, 0) is 47.9 Å². The van der Waals surface area contributed by atoms with Gasteiger partial charge in [0.05, 0.1) is 6.54 Å². The number of benzene rings is 4. The van der Waals surface area contributed by atoms with Gasteiger partial charge in [0.2, 0.25) is 5.91 Å². The number of amides is 1. The van der Waals surface area contributed by atoms with Crippen molar-refractivity contribution in [3.63, 3.8) is 0 Å². The molecule has 0 unspecified atom stereocenters. The van der Waals surface area contributed by atoms with E-state index in [9.17, 15) is 19.5 Å². The Kier molecular flexibility index (Phi) is 10.5. The van der Waals surface area contributed by atoms with E-state index >= 15 is 0 Å². The molecule has 0 spiro atoms. The maximum absolute atomic E-state index is 13.1. The Morgan fingerprint density at radius 1 is 0.810 bits per heavy atom. The molecule has 2 N–H and O–H groups in total. The van der Waals surface area contributed by atoms with Crippen LogP contribution in [0.5, 0.6) is 5.75 Å². The SMILES string of the molecule is CC(C)CC(=O)N(CCOc1ccc(C[C@H](Nc2ccccc2C(=O)c2ccccc2)C(=O)O)cc1)c1ccccc1. The van der Waals surface area contributed by atoms with Gasteiger partial charge in [-0.15, -0.1) is 0 Å². The van der Waals surface area contributed by atoms with E-state index in [0.29, 0.717) is 42.1 Å². The first kappa shape index (κ1) is 30.1. The zero-order valence-electron chi connectivity index (χ0n) is 23.9. The zero-order valence-corrected chi connectivity index (χ0v) is 23.9. The number of carbonyl (C=O) groups is 3. The van der Waals surface area contributed by atoms with Crippen LogP contribution in [0.4, 0.5) is 11.4 Å². The highest BCUT2D eigenvalue weighted by Crippen LogP contribution is 2.22. The van der Waals surface area contributed by atoms with Crippen molar-refractivity contribution in [2.24, 2.45) is 5.92 Å². The van der Waals surface area contributed by atoms with Gasteiger partial charge in [-0.2, -0.15) is 0 Å². The molecule has 4 rings (SSSR count). The molecule has 4 aromatic rings. The summed E-state index contributed by atoms with van der Waals surface area (Å²) in [6.45, 7) is 4.76. The minimum absolute atomic E-state index is 0.0504. The molecule has 216 valence electrons. The van der Waals surface area contributed by atoms with Gasteiger partial charge in [0.15, 0.2) is 5.78 Å². The van der Waals surface area contributed by atoms with Crippen LogP contribution in [0.1, 0.15) is 41.8 Å². The third kappa shape index (κ3) is 8.30. The molecule has 0 aliphatic heterocycles. The highest BCUT2D eigenvalue weighted by Gasteiger charge is 2.22. The first-order valence-corrected chi connectivity index (χ1v) is 14.1. The number of carboxylic acid groups (broad SMARTS) is 1. The molecule has 1 atom stereocenters. The number of nitrogens with zero attached hydrogens (tertiary/aromatic N) is 1. The summed E-state index contributed by atoms with van der Waals surface area (Å²) in [4.78, 5) is 39.9. The van der Waals surface area contributed by atoms with Crippen molar-refractivity contribution in [3.8, 4) is 5.75 Å². The molecule has 4 aromatic carbocycles. The molecule has 0 radical (unpaired) electrons. The minimum atomic E-state index is -1.02. The molecule has 0 fully saturated rings. The monoisotopic (exact) mass is 564 g/mol. The van der Waals surface area contributed by atoms with Crippen molar-refractivity contribution in [2.75, 3.05) is 23.4 Å². The van der Waals surface area contributed by atoms with Crippen molar-refractivity contribution >= 4 is 29.0 Å². The molecule has 7 heteroatoms. The molecule has 0 heterocycles. The highest BCUT2D eigenvalue weighted by molar-refractivity contribution is 6.12. The maximum atomic E-state index is 13.1. The topological polar surface area (TPSA) is 95.9 Å². The Morgan fingerprint density at radius 2 is 1.43 bits per heavy atom. The van der Waals surface area contributed by atoms with Crippen LogP contribution in [0.25, 0.3) is 0 Å². The summed E-state index contributed by atoms with van der Waals surface area (Å²) >= 11 is 0. The van der Waals surface area contributed by atoms with Crippen molar-refractivity contribution in [3.05, 3.63) is 126 Å². The number of nitrogens with one attached hydrogen (secondary N) is 1. The van der Waals surface area contributed by atoms with Gasteiger partial charge in [0, 0.05) is 35.3 Å². The Morgan fingerprint density at radius 3 is 2.07 bits per heavy atom. The number of carbonyl (C=O) groups excluding carboxylic acids is 2. The third-order valence-electron chi connectivity index (χ3n) is 6.73. The molecule has 0 saturated carbocycles. The lowest BCUT2D eigenvalue weighted by atomic mass is 10.00. The first-order chi connectivity index (χ1) is 20.3. The van der Waals surface area contributed by atoms with Crippen LogP contribution in [0, 0.1) is 5.92 Å². The molecule has 0 aliphatic carbocycles. The number of ketones is 1. The molecule has 1 amide bonds. The second kappa shape index (κ2) is 14.6.